The monoisotopic (exact) mass is 517 g/mol. The highest BCUT2D eigenvalue weighted by Crippen LogP contribution is 2.24. The Morgan fingerprint density at radius 3 is 2.24 bits per heavy atom. The molecule has 0 radical (unpaired) electrons. The Hall–Kier alpha value is -2.91. The Bertz CT molecular complexity index is 1150. The van der Waals surface area contributed by atoms with Gasteiger partial charge in [-0.25, -0.2) is 9.69 Å². The molecule has 0 atom stereocenters. The molecule has 0 aliphatic carbocycles. The number of nitrogens with zero attached hydrogens (tertiary/aromatic N) is 2. The van der Waals surface area contributed by atoms with Crippen LogP contribution in [-0.2, 0) is 9.59 Å². The zero-order chi connectivity index (χ0) is 20.5. The van der Waals surface area contributed by atoms with Crippen molar-refractivity contribution in [2.75, 3.05) is 4.90 Å². The molecule has 0 spiro atoms. The molecule has 1 fully saturated rings. The lowest BCUT2D eigenvalue weighted by Gasteiger charge is -2.26. The van der Waals surface area contributed by atoms with Crippen molar-refractivity contribution in [3.63, 3.8) is 0 Å². The van der Waals surface area contributed by atoms with E-state index in [0.717, 1.165) is 14.2 Å². The number of anilines is 1. The average molecular weight is 518 g/mol. The Balaban J connectivity index is 1.73. The largest absolute Gasteiger partial charge is 0.335 e. The molecule has 4 amide bonds. The fourth-order valence-electron chi connectivity index (χ4n) is 2.98. The minimum atomic E-state index is -0.799. The van der Waals surface area contributed by atoms with Gasteiger partial charge < -0.3 is 4.57 Å². The third kappa shape index (κ3) is 3.83. The highest BCUT2D eigenvalue weighted by atomic mass is 127. The molecule has 1 aliphatic rings. The van der Waals surface area contributed by atoms with Crippen LogP contribution in [0.1, 0.15) is 5.69 Å². The molecule has 0 unspecified atom stereocenters. The van der Waals surface area contributed by atoms with E-state index < -0.39 is 17.8 Å². The lowest BCUT2D eigenvalue weighted by molar-refractivity contribution is -0.122. The van der Waals surface area contributed by atoms with Gasteiger partial charge in [-0.3, -0.25) is 14.9 Å². The van der Waals surface area contributed by atoms with E-state index in [2.05, 4.69) is 27.9 Å². The summed E-state index contributed by atoms with van der Waals surface area (Å²) in [4.78, 5) is 38.6. The molecule has 2 aromatic carbocycles. The molecule has 4 rings (SSSR count). The van der Waals surface area contributed by atoms with Crippen molar-refractivity contribution in [1.29, 1.82) is 0 Å². The van der Waals surface area contributed by atoms with Gasteiger partial charge in [-0.1, -0.05) is 11.6 Å². The fourth-order valence-corrected chi connectivity index (χ4v) is 3.46. The van der Waals surface area contributed by atoms with E-state index in [-0.39, 0.29) is 5.57 Å². The Morgan fingerprint density at radius 2 is 1.55 bits per heavy atom. The number of imide groups is 2. The number of barbiturate groups is 1. The van der Waals surface area contributed by atoms with Crippen LogP contribution in [0.3, 0.4) is 0 Å². The van der Waals surface area contributed by atoms with Crippen LogP contribution in [0, 0.1) is 3.57 Å². The maximum Gasteiger partial charge on any atom is 0.335 e. The second-order valence-electron chi connectivity index (χ2n) is 6.21. The average Bonchev–Trinajstić information content (AvgIpc) is 3.15. The van der Waals surface area contributed by atoms with Crippen molar-refractivity contribution in [2.45, 2.75) is 0 Å². The van der Waals surface area contributed by atoms with Crippen LogP contribution in [0.5, 0.6) is 0 Å². The SMILES string of the molecule is O=C1NC(=O)N(c2ccc(Cl)cc2)C(=O)/C1=C/c1cccn1-c1ccc(I)cc1. The van der Waals surface area contributed by atoms with Crippen LogP contribution in [0.15, 0.2) is 72.4 Å². The van der Waals surface area contributed by atoms with E-state index >= 15 is 0 Å². The van der Waals surface area contributed by atoms with E-state index in [1.54, 1.807) is 30.3 Å². The summed E-state index contributed by atoms with van der Waals surface area (Å²) in [6, 6.07) is 16.8. The molecule has 2 heterocycles. The number of rotatable bonds is 3. The third-order valence-corrected chi connectivity index (χ3v) is 5.33. The van der Waals surface area contributed by atoms with Gasteiger partial charge in [-0.15, -0.1) is 0 Å². The zero-order valence-electron chi connectivity index (χ0n) is 14.8. The second kappa shape index (κ2) is 7.84. The lowest BCUT2D eigenvalue weighted by atomic mass is 10.1. The highest BCUT2D eigenvalue weighted by molar-refractivity contribution is 14.1. The molecule has 0 bridgehead atoms. The standard InChI is InChI=1S/C21H13ClIN3O3/c22-13-3-7-16(8-4-13)26-20(28)18(19(27)24-21(26)29)12-17-2-1-11-25(17)15-9-5-14(23)6-10-15/h1-12H,(H,24,27,29)/b18-12+. The first-order valence-corrected chi connectivity index (χ1v) is 10.00. The summed E-state index contributed by atoms with van der Waals surface area (Å²) in [5.41, 5.74) is 1.71. The maximum absolute atomic E-state index is 13.0. The van der Waals surface area contributed by atoms with Gasteiger partial charge in [-0.05, 0) is 89.3 Å². The van der Waals surface area contributed by atoms with Crippen molar-refractivity contribution >= 4 is 63.8 Å². The van der Waals surface area contributed by atoms with Gasteiger partial charge in [0.05, 0.1) is 5.69 Å². The molecule has 1 aliphatic heterocycles. The van der Waals surface area contributed by atoms with E-state index in [1.165, 1.54) is 6.08 Å². The third-order valence-electron chi connectivity index (χ3n) is 4.36. The number of halogens is 2. The first-order valence-electron chi connectivity index (χ1n) is 8.54. The summed E-state index contributed by atoms with van der Waals surface area (Å²) >= 11 is 8.10. The van der Waals surface area contributed by atoms with Crippen molar-refractivity contribution in [3.05, 3.63) is 86.7 Å². The molecule has 1 saturated heterocycles. The Kier molecular flexibility index (Phi) is 5.25. The zero-order valence-corrected chi connectivity index (χ0v) is 17.7. The number of hydrogen-bond donors (Lipinski definition) is 1. The quantitative estimate of drug-likeness (QED) is 0.318. The molecule has 6 nitrogen and oxygen atoms in total. The molecule has 1 N–H and O–H groups in total. The minimum Gasteiger partial charge on any atom is -0.317 e. The first kappa shape index (κ1) is 19.4. The van der Waals surface area contributed by atoms with Gasteiger partial charge in [0.2, 0.25) is 0 Å². The Morgan fingerprint density at radius 1 is 0.897 bits per heavy atom. The van der Waals surface area contributed by atoms with E-state index in [4.69, 9.17) is 11.6 Å². The molecule has 29 heavy (non-hydrogen) atoms. The van der Waals surface area contributed by atoms with Gasteiger partial charge in [-0.2, -0.15) is 0 Å². The molecule has 144 valence electrons. The van der Waals surface area contributed by atoms with Crippen molar-refractivity contribution in [1.82, 2.24) is 9.88 Å². The number of benzene rings is 2. The van der Waals surface area contributed by atoms with Gasteiger partial charge in [0, 0.05) is 26.2 Å². The van der Waals surface area contributed by atoms with Gasteiger partial charge >= 0.3 is 6.03 Å². The fraction of sp³-hybridized carbons (Fsp3) is 0. The summed E-state index contributed by atoms with van der Waals surface area (Å²) in [5, 5.41) is 2.69. The van der Waals surface area contributed by atoms with E-state index in [9.17, 15) is 14.4 Å². The molecular weight excluding hydrogens is 505 g/mol. The van der Waals surface area contributed by atoms with Crippen molar-refractivity contribution in [2.24, 2.45) is 0 Å². The molecule has 0 saturated carbocycles. The van der Waals surface area contributed by atoms with Crippen molar-refractivity contribution in [3.8, 4) is 5.69 Å². The normalized spacial score (nSPS) is 15.7. The number of hydrogen-bond acceptors (Lipinski definition) is 3. The summed E-state index contributed by atoms with van der Waals surface area (Å²) < 4.78 is 2.95. The molecule has 3 aromatic rings. The number of carbonyl (C=O) groups is 3. The van der Waals surface area contributed by atoms with Crippen LogP contribution in [0.2, 0.25) is 5.02 Å². The molecule has 1 aromatic heterocycles. The summed E-state index contributed by atoms with van der Waals surface area (Å²) in [5.74, 6) is -1.43. The van der Waals surface area contributed by atoms with Crippen LogP contribution in [0.25, 0.3) is 11.8 Å². The van der Waals surface area contributed by atoms with Crippen LogP contribution < -0.4 is 10.2 Å². The summed E-state index contributed by atoms with van der Waals surface area (Å²) in [6.45, 7) is 0. The predicted molar refractivity (Wildman–Crippen MR) is 119 cm³/mol. The van der Waals surface area contributed by atoms with E-state index in [1.807, 2.05) is 41.1 Å². The maximum atomic E-state index is 13.0. The predicted octanol–water partition coefficient (Wildman–Crippen LogP) is 4.40. The highest BCUT2D eigenvalue weighted by Gasteiger charge is 2.36. The van der Waals surface area contributed by atoms with E-state index in [0.29, 0.717) is 16.4 Å². The summed E-state index contributed by atoms with van der Waals surface area (Å²) in [7, 11) is 0. The minimum absolute atomic E-state index is 0.134. The Labute approximate surface area is 184 Å². The number of amides is 4. The van der Waals surface area contributed by atoms with Gasteiger partial charge in [0.25, 0.3) is 11.8 Å². The molecular formula is C21H13ClIN3O3. The molecule has 8 heteroatoms. The van der Waals surface area contributed by atoms with Crippen LogP contribution in [0.4, 0.5) is 10.5 Å². The van der Waals surface area contributed by atoms with Crippen LogP contribution >= 0.6 is 34.2 Å². The van der Waals surface area contributed by atoms with Gasteiger partial charge in [0.1, 0.15) is 5.57 Å². The van der Waals surface area contributed by atoms with Crippen molar-refractivity contribution < 1.29 is 14.4 Å². The first-order chi connectivity index (χ1) is 13.9. The number of aromatic nitrogens is 1. The topological polar surface area (TPSA) is 71.4 Å². The smallest absolute Gasteiger partial charge is 0.317 e. The van der Waals surface area contributed by atoms with Crippen LogP contribution in [-0.4, -0.2) is 22.4 Å². The summed E-state index contributed by atoms with van der Waals surface area (Å²) in [6.07, 6.45) is 3.31. The second-order valence-corrected chi connectivity index (χ2v) is 7.90. The number of urea groups is 1. The number of carbonyl (C=O) groups excluding carboxylic acids is 3. The number of nitrogens with one attached hydrogen (secondary N) is 1. The lowest BCUT2D eigenvalue weighted by Crippen LogP contribution is -2.54. The van der Waals surface area contributed by atoms with Gasteiger partial charge in [0.15, 0.2) is 0 Å².